The van der Waals surface area contributed by atoms with Crippen molar-refractivity contribution in [1.82, 2.24) is 20.3 Å². The van der Waals surface area contributed by atoms with Crippen LogP contribution in [0, 0.1) is 0 Å². The lowest BCUT2D eigenvalue weighted by Crippen LogP contribution is -2.37. The molecule has 176 valence electrons. The number of nitrogens with zero attached hydrogens (tertiary/aromatic N) is 2. The quantitative estimate of drug-likeness (QED) is 0.272. The third kappa shape index (κ3) is 5.92. The van der Waals surface area contributed by atoms with Crippen molar-refractivity contribution in [2.75, 3.05) is 16.8 Å². The Morgan fingerprint density at radius 1 is 0.971 bits per heavy atom. The molecule has 1 aliphatic carbocycles. The summed E-state index contributed by atoms with van der Waals surface area (Å²) in [6.07, 6.45) is 5.85. The zero-order valence-electron chi connectivity index (χ0n) is 18.5. The highest BCUT2D eigenvalue weighted by atomic mass is 32.2. The number of hydrogen-bond donors (Lipinski definition) is 3. The van der Waals surface area contributed by atoms with Crippen LogP contribution in [0.3, 0.4) is 0 Å². The van der Waals surface area contributed by atoms with E-state index in [1.54, 1.807) is 0 Å². The molecule has 2 aromatic heterocycles. The van der Waals surface area contributed by atoms with Gasteiger partial charge in [-0.05, 0) is 43.2 Å². The molecule has 0 aliphatic heterocycles. The summed E-state index contributed by atoms with van der Waals surface area (Å²) in [5, 5.41) is 6.82. The van der Waals surface area contributed by atoms with Gasteiger partial charge in [0, 0.05) is 11.7 Å². The average molecular weight is 512 g/mol. The number of nitrogens with one attached hydrogen (secondary N) is 3. The van der Waals surface area contributed by atoms with E-state index in [2.05, 4.69) is 25.6 Å². The summed E-state index contributed by atoms with van der Waals surface area (Å²) in [7, 11) is 0. The molecule has 7 nitrogen and oxygen atoms in total. The molecule has 1 fully saturated rings. The number of anilines is 1. The van der Waals surface area contributed by atoms with E-state index in [0.717, 1.165) is 49.3 Å². The number of thiazole rings is 1. The maximum absolute atomic E-state index is 12.4. The van der Waals surface area contributed by atoms with Gasteiger partial charge < -0.3 is 15.6 Å². The fourth-order valence-electron chi connectivity index (χ4n) is 4.02. The molecule has 2 aromatic carbocycles. The molecule has 0 unspecified atom stereocenters. The zero-order chi connectivity index (χ0) is 23.3. The largest absolute Gasteiger partial charge is 0.353 e. The zero-order valence-corrected chi connectivity index (χ0v) is 21.0. The van der Waals surface area contributed by atoms with Gasteiger partial charge in [0.15, 0.2) is 9.50 Å². The number of carbonyl (C=O) groups excluding carboxylic acids is 2. The number of rotatable bonds is 8. The number of amides is 2. The minimum Gasteiger partial charge on any atom is -0.353 e. The van der Waals surface area contributed by atoms with Gasteiger partial charge in [-0.3, -0.25) is 9.59 Å². The number of imidazole rings is 1. The maximum Gasteiger partial charge on any atom is 0.234 e. The SMILES string of the molecule is O=C(CSc1nc2ccccc2[nH]1)Nc1ccc2nc(SCC(=O)NC3CCCCC3)sc2c1. The Kier molecular flexibility index (Phi) is 7.36. The molecule has 5 rings (SSSR count). The third-order valence-electron chi connectivity index (χ3n) is 5.66. The predicted octanol–water partition coefficient (Wildman–Crippen LogP) is 5.44. The van der Waals surface area contributed by atoms with E-state index in [0.29, 0.717) is 11.8 Å². The third-order valence-corrected chi connectivity index (χ3v) is 8.69. The second kappa shape index (κ2) is 10.8. The van der Waals surface area contributed by atoms with Crippen molar-refractivity contribution in [2.45, 2.75) is 47.6 Å². The summed E-state index contributed by atoms with van der Waals surface area (Å²) in [5.41, 5.74) is 3.45. The van der Waals surface area contributed by atoms with E-state index in [1.165, 1.54) is 54.1 Å². The second-order valence-electron chi connectivity index (χ2n) is 8.25. The molecular weight excluding hydrogens is 486 g/mol. The van der Waals surface area contributed by atoms with Crippen molar-refractivity contribution in [2.24, 2.45) is 0 Å². The minimum atomic E-state index is -0.0942. The van der Waals surface area contributed by atoms with Crippen molar-refractivity contribution in [1.29, 1.82) is 0 Å². The number of aromatic amines is 1. The van der Waals surface area contributed by atoms with Gasteiger partial charge in [0.25, 0.3) is 0 Å². The lowest BCUT2D eigenvalue weighted by molar-refractivity contribution is -0.119. The Morgan fingerprint density at radius 2 is 1.79 bits per heavy atom. The Labute approximate surface area is 209 Å². The monoisotopic (exact) mass is 511 g/mol. The highest BCUT2D eigenvalue weighted by Gasteiger charge is 2.16. The van der Waals surface area contributed by atoms with Crippen LogP contribution in [0.15, 0.2) is 52.0 Å². The van der Waals surface area contributed by atoms with Crippen LogP contribution in [-0.4, -0.2) is 44.3 Å². The van der Waals surface area contributed by atoms with E-state index >= 15 is 0 Å². The van der Waals surface area contributed by atoms with Crippen LogP contribution in [0.4, 0.5) is 5.69 Å². The predicted molar refractivity (Wildman–Crippen MR) is 141 cm³/mol. The van der Waals surface area contributed by atoms with Crippen LogP contribution < -0.4 is 10.6 Å². The van der Waals surface area contributed by atoms with Crippen LogP contribution in [0.2, 0.25) is 0 Å². The molecule has 10 heteroatoms. The smallest absolute Gasteiger partial charge is 0.234 e. The van der Waals surface area contributed by atoms with E-state index < -0.39 is 0 Å². The fourth-order valence-corrected chi connectivity index (χ4v) is 6.62. The molecule has 2 heterocycles. The Morgan fingerprint density at radius 3 is 2.65 bits per heavy atom. The van der Waals surface area contributed by atoms with Gasteiger partial charge in [-0.25, -0.2) is 9.97 Å². The lowest BCUT2D eigenvalue weighted by atomic mass is 9.95. The first kappa shape index (κ1) is 23.2. The Hall–Kier alpha value is -2.56. The van der Waals surface area contributed by atoms with Crippen molar-refractivity contribution < 1.29 is 9.59 Å². The molecular formula is C24H25N5O2S3. The summed E-state index contributed by atoms with van der Waals surface area (Å²) >= 11 is 4.38. The van der Waals surface area contributed by atoms with Gasteiger partial charge in [0.2, 0.25) is 11.8 Å². The van der Waals surface area contributed by atoms with Gasteiger partial charge >= 0.3 is 0 Å². The second-order valence-corrected chi connectivity index (χ2v) is 11.5. The summed E-state index contributed by atoms with van der Waals surface area (Å²) in [5.74, 6) is 0.616. The number of para-hydroxylation sites is 2. The van der Waals surface area contributed by atoms with Crippen LogP contribution in [0.5, 0.6) is 0 Å². The van der Waals surface area contributed by atoms with Crippen LogP contribution in [0.25, 0.3) is 21.3 Å². The first-order valence-corrected chi connectivity index (χ1v) is 14.1. The highest BCUT2D eigenvalue weighted by molar-refractivity contribution is 8.01. The molecule has 1 saturated carbocycles. The number of fused-ring (bicyclic) bond motifs is 2. The number of benzene rings is 2. The van der Waals surface area contributed by atoms with Crippen LogP contribution in [-0.2, 0) is 9.59 Å². The van der Waals surface area contributed by atoms with Gasteiger partial charge in [-0.1, -0.05) is 54.9 Å². The Balaban J connectivity index is 1.13. The molecule has 0 atom stereocenters. The number of aromatic nitrogens is 3. The van der Waals surface area contributed by atoms with Crippen molar-refractivity contribution in [3.63, 3.8) is 0 Å². The number of carbonyl (C=O) groups is 2. The summed E-state index contributed by atoms with van der Waals surface area (Å²) < 4.78 is 1.84. The molecule has 0 bridgehead atoms. The average Bonchev–Trinajstić information content (AvgIpc) is 3.45. The molecule has 0 spiro atoms. The van der Waals surface area contributed by atoms with Crippen LogP contribution in [0.1, 0.15) is 32.1 Å². The van der Waals surface area contributed by atoms with E-state index in [9.17, 15) is 9.59 Å². The van der Waals surface area contributed by atoms with Crippen molar-refractivity contribution in [3.05, 3.63) is 42.5 Å². The van der Waals surface area contributed by atoms with Gasteiger partial charge in [0.1, 0.15) is 0 Å². The Bertz CT molecular complexity index is 1280. The van der Waals surface area contributed by atoms with Crippen molar-refractivity contribution >= 4 is 73.6 Å². The summed E-state index contributed by atoms with van der Waals surface area (Å²) in [6.45, 7) is 0. The van der Waals surface area contributed by atoms with Gasteiger partial charge in [-0.2, -0.15) is 0 Å². The first-order valence-electron chi connectivity index (χ1n) is 11.3. The summed E-state index contributed by atoms with van der Waals surface area (Å²) in [4.78, 5) is 37.1. The van der Waals surface area contributed by atoms with E-state index in [-0.39, 0.29) is 17.6 Å². The summed E-state index contributed by atoms with van der Waals surface area (Å²) in [6, 6.07) is 13.8. The lowest BCUT2D eigenvalue weighted by Gasteiger charge is -2.22. The van der Waals surface area contributed by atoms with E-state index in [4.69, 9.17) is 0 Å². The first-order chi connectivity index (χ1) is 16.6. The molecule has 1 aliphatic rings. The normalized spacial score (nSPS) is 14.5. The number of hydrogen-bond acceptors (Lipinski definition) is 7. The molecule has 0 saturated heterocycles. The van der Waals surface area contributed by atoms with Crippen LogP contribution >= 0.6 is 34.9 Å². The fraction of sp³-hybridized carbons (Fsp3) is 0.333. The van der Waals surface area contributed by atoms with Gasteiger partial charge in [0.05, 0.1) is 32.8 Å². The van der Waals surface area contributed by atoms with Crippen molar-refractivity contribution in [3.8, 4) is 0 Å². The molecule has 4 aromatic rings. The molecule has 0 radical (unpaired) electrons. The van der Waals surface area contributed by atoms with E-state index in [1.807, 2.05) is 42.5 Å². The number of H-pyrrole nitrogens is 1. The number of thioether (sulfide) groups is 2. The van der Waals surface area contributed by atoms with Gasteiger partial charge in [-0.15, -0.1) is 11.3 Å². The molecule has 34 heavy (non-hydrogen) atoms. The minimum absolute atomic E-state index is 0.0751. The molecule has 2 amide bonds. The topological polar surface area (TPSA) is 99.8 Å². The maximum atomic E-state index is 12.4. The standard InChI is InChI=1S/C24H25N5O2S3/c30-21(13-32-23-27-17-8-4-5-9-18(17)28-23)26-16-10-11-19-20(12-16)34-24(29-19)33-14-22(31)25-15-6-2-1-3-7-15/h4-5,8-12,15H,1-3,6-7,13-14H2,(H,25,31)(H,26,30)(H,27,28). The highest BCUT2D eigenvalue weighted by Crippen LogP contribution is 2.31. The molecule has 3 N–H and O–H groups in total.